The van der Waals surface area contributed by atoms with Crippen LogP contribution >= 0.6 is 0 Å². The molecule has 0 aliphatic carbocycles. The van der Waals surface area contributed by atoms with Crippen molar-refractivity contribution in [1.82, 2.24) is 19.9 Å². The predicted molar refractivity (Wildman–Crippen MR) is 141 cm³/mol. The van der Waals surface area contributed by atoms with Gasteiger partial charge >= 0.3 is 23.9 Å². The van der Waals surface area contributed by atoms with Crippen LogP contribution < -0.4 is 0 Å². The zero-order valence-corrected chi connectivity index (χ0v) is 21.6. The van der Waals surface area contributed by atoms with E-state index in [1.807, 2.05) is 0 Å². The molecule has 4 rings (SSSR count). The number of carbonyl (C=O) groups is 4. The standard InChI is InChI=1S/C29H24N4O8/c34-25(21-1-9-30-10-2-21)38-17-29(18-39-26(35)22-3-11-31-12-4-22,19-40-27(36)23-5-13-32-14-6-23)20-41-28(37)24-7-15-33-16-8-24/h1-16H,17-20H2. The summed E-state index contributed by atoms with van der Waals surface area (Å²) in [5.41, 5.74) is -0.637. The fourth-order valence-corrected chi connectivity index (χ4v) is 3.41. The lowest BCUT2D eigenvalue weighted by Crippen LogP contribution is -2.44. The lowest BCUT2D eigenvalue weighted by atomic mass is 9.92. The van der Waals surface area contributed by atoms with Gasteiger partial charge in [0.05, 0.1) is 22.3 Å². The van der Waals surface area contributed by atoms with E-state index < -0.39 is 55.7 Å². The molecule has 12 heteroatoms. The minimum absolute atomic E-state index is 0.213. The monoisotopic (exact) mass is 556 g/mol. The number of carbonyl (C=O) groups excluding carboxylic acids is 4. The highest BCUT2D eigenvalue weighted by atomic mass is 16.6. The number of hydrogen-bond donors (Lipinski definition) is 0. The quantitative estimate of drug-likeness (QED) is 0.186. The second-order valence-corrected chi connectivity index (χ2v) is 8.75. The second-order valence-electron chi connectivity index (χ2n) is 8.75. The van der Waals surface area contributed by atoms with Crippen LogP contribution in [0.25, 0.3) is 0 Å². The summed E-state index contributed by atoms with van der Waals surface area (Å²) in [6.45, 7) is -1.76. The Morgan fingerprint density at radius 2 is 0.610 bits per heavy atom. The van der Waals surface area contributed by atoms with Gasteiger partial charge in [-0.1, -0.05) is 0 Å². The normalized spacial score (nSPS) is 10.7. The average molecular weight is 557 g/mol. The molecule has 0 unspecified atom stereocenters. The first kappa shape index (κ1) is 28.5. The average Bonchev–Trinajstić information content (AvgIpc) is 3.05. The molecule has 0 amide bonds. The summed E-state index contributed by atoms with van der Waals surface area (Å²) in [7, 11) is 0. The maximum atomic E-state index is 12.8. The molecule has 4 heterocycles. The smallest absolute Gasteiger partial charge is 0.338 e. The van der Waals surface area contributed by atoms with Crippen molar-refractivity contribution in [1.29, 1.82) is 0 Å². The molecule has 0 atom stereocenters. The number of nitrogens with zero attached hydrogens (tertiary/aromatic N) is 4. The van der Waals surface area contributed by atoms with E-state index in [0.29, 0.717) is 0 Å². The van der Waals surface area contributed by atoms with Crippen molar-refractivity contribution in [2.75, 3.05) is 26.4 Å². The van der Waals surface area contributed by atoms with E-state index in [-0.39, 0.29) is 22.3 Å². The van der Waals surface area contributed by atoms with Gasteiger partial charge in [-0.15, -0.1) is 0 Å². The van der Waals surface area contributed by atoms with Crippen molar-refractivity contribution >= 4 is 23.9 Å². The van der Waals surface area contributed by atoms with Gasteiger partial charge in [0.1, 0.15) is 31.8 Å². The zero-order valence-electron chi connectivity index (χ0n) is 21.6. The summed E-state index contributed by atoms with van der Waals surface area (Å²) >= 11 is 0. The minimum Gasteiger partial charge on any atom is -0.461 e. The molecule has 0 N–H and O–H groups in total. The molecule has 41 heavy (non-hydrogen) atoms. The number of ether oxygens (including phenoxy) is 4. The number of esters is 4. The van der Waals surface area contributed by atoms with Crippen molar-refractivity contribution in [3.05, 3.63) is 120 Å². The first-order valence-corrected chi connectivity index (χ1v) is 12.2. The van der Waals surface area contributed by atoms with Crippen molar-refractivity contribution in [3.8, 4) is 0 Å². The van der Waals surface area contributed by atoms with E-state index >= 15 is 0 Å². The Labute approximate surface area is 234 Å². The first-order valence-electron chi connectivity index (χ1n) is 12.2. The van der Waals surface area contributed by atoms with Gasteiger partial charge < -0.3 is 18.9 Å². The lowest BCUT2D eigenvalue weighted by molar-refractivity contribution is -0.0642. The first-order chi connectivity index (χ1) is 20.0. The predicted octanol–water partition coefficient (Wildman–Crippen LogP) is 2.98. The van der Waals surface area contributed by atoms with Gasteiger partial charge in [-0.05, 0) is 48.5 Å². The molecule has 0 spiro atoms. The minimum atomic E-state index is -1.49. The third-order valence-corrected chi connectivity index (χ3v) is 5.70. The van der Waals surface area contributed by atoms with Gasteiger partial charge in [0, 0.05) is 49.6 Å². The van der Waals surface area contributed by atoms with Gasteiger partial charge in [-0.2, -0.15) is 0 Å². The molecule has 208 valence electrons. The van der Waals surface area contributed by atoms with Crippen LogP contribution in [0.15, 0.2) is 98.1 Å². The Kier molecular flexibility index (Phi) is 9.75. The summed E-state index contributed by atoms with van der Waals surface area (Å²) in [4.78, 5) is 66.6. The molecule has 0 saturated carbocycles. The van der Waals surface area contributed by atoms with E-state index in [9.17, 15) is 19.2 Å². The molecule has 0 saturated heterocycles. The van der Waals surface area contributed by atoms with Crippen LogP contribution in [0, 0.1) is 5.41 Å². The van der Waals surface area contributed by atoms with Crippen LogP contribution in [-0.4, -0.2) is 70.2 Å². The molecule has 0 aliphatic rings. The van der Waals surface area contributed by atoms with Crippen LogP contribution in [0.5, 0.6) is 0 Å². The van der Waals surface area contributed by atoms with Crippen LogP contribution in [0.3, 0.4) is 0 Å². The van der Waals surface area contributed by atoms with Gasteiger partial charge in [-0.25, -0.2) is 19.2 Å². The molecule has 4 aromatic rings. The largest absolute Gasteiger partial charge is 0.461 e. The number of aromatic nitrogens is 4. The van der Waals surface area contributed by atoms with E-state index in [2.05, 4.69) is 19.9 Å². The Morgan fingerprint density at radius 1 is 0.415 bits per heavy atom. The fourth-order valence-electron chi connectivity index (χ4n) is 3.41. The number of rotatable bonds is 12. The van der Waals surface area contributed by atoms with Gasteiger partial charge in [-0.3, -0.25) is 19.9 Å². The molecular formula is C29H24N4O8. The van der Waals surface area contributed by atoms with Crippen LogP contribution in [0.1, 0.15) is 41.4 Å². The van der Waals surface area contributed by atoms with Crippen molar-refractivity contribution in [2.24, 2.45) is 5.41 Å². The Balaban J connectivity index is 1.58. The molecule has 0 radical (unpaired) electrons. The molecule has 0 aliphatic heterocycles. The van der Waals surface area contributed by atoms with Gasteiger partial charge in [0.2, 0.25) is 0 Å². The van der Waals surface area contributed by atoms with E-state index in [0.717, 1.165) is 0 Å². The summed E-state index contributed by atoms with van der Waals surface area (Å²) < 4.78 is 22.1. The molecule has 0 aromatic carbocycles. The molecule has 12 nitrogen and oxygen atoms in total. The SMILES string of the molecule is O=C(OCC(COC(=O)c1ccncc1)(COC(=O)c1ccncc1)COC(=O)c1ccncc1)c1ccncc1. The van der Waals surface area contributed by atoms with Crippen molar-refractivity contribution in [2.45, 2.75) is 0 Å². The van der Waals surface area contributed by atoms with E-state index in [1.54, 1.807) is 0 Å². The Hall–Kier alpha value is -5.52. The van der Waals surface area contributed by atoms with Crippen LogP contribution in [-0.2, 0) is 18.9 Å². The Morgan fingerprint density at radius 3 is 0.805 bits per heavy atom. The number of hydrogen-bond acceptors (Lipinski definition) is 12. The number of pyridine rings is 4. The van der Waals surface area contributed by atoms with E-state index in [1.165, 1.54) is 98.1 Å². The summed E-state index contributed by atoms with van der Waals surface area (Å²) in [6, 6.07) is 11.7. The van der Waals surface area contributed by atoms with Crippen molar-refractivity contribution < 1.29 is 38.1 Å². The third-order valence-electron chi connectivity index (χ3n) is 5.70. The van der Waals surface area contributed by atoms with Gasteiger partial charge in [0.25, 0.3) is 0 Å². The zero-order chi connectivity index (χ0) is 28.9. The van der Waals surface area contributed by atoms with E-state index in [4.69, 9.17) is 18.9 Å². The summed E-state index contributed by atoms with van der Waals surface area (Å²) in [5.74, 6) is -2.84. The van der Waals surface area contributed by atoms with Crippen LogP contribution in [0.4, 0.5) is 0 Å². The van der Waals surface area contributed by atoms with Crippen molar-refractivity contribution in [3.63, 3.8) is 0 Å². The highest BCUT2D eigenvalue weighted by molar-refractivity contribution is 5.91. The van der Waals surface area contributed by atoms with Crippen LogP contribution in [0.2, 0.25) is 0 Å². The molecule has 4 aromatic heterocycles. The Bertz CT molecular complexity index is 1230. The summed E-state index contributed by atoms with van der Waals surface area (Å²) in [6.07, 6.45) is 11.4. The fraction of sp³-hybridized carbons (Fsp3) is 0.172. The topological polar surface area (TPSA) is 157 Å². The third kappa shape index (κ3) is 8.23. The molecule has 0 bridgehead atoms. The maximum Gasteiger partial charge on any atom is 0.338 e. The molecular weight excluding hydrogens is 532 g/mol. The maximum absolute atomic E-state index is 12.8. The summed E-state index contributed by atoms with van der Waals surface area (Å²) in [5, 5.41) is 0. The molecule has 0 fully saturated rings. The lowest BCUT2D eigenvalue weighted by Gasteiger charge is -2.31. The highest BCUT2D eigenvalue weighted by Gasteiger charge is 2.38. The highest BCUT2D eigenvalue weighted by Crippen LogP contribution is 2.24. The second kappa shape index (κ2) is 14.0. The van der Waals surface area contributed by atoms with Gasteiger partial charge in [0.15, 0.2) is 0 Å².